The molecule has 1 unspecified atom stereocenters. The molecule has 6 rings (SSSR count). The summed E-state index contributed by atoms with van der Waals surface area (Å²) in [5.74, 6) is 0.340. The largest absolute Gasteiger partial charge is 0.381 e. The molecule has 208 valence electrons. The van der Waals surface area contributed by atoms with E-state index < -0.39 is 16.1 Å². The number of aryl methyl sites for hydroxylation is 2. The fourth-order valence-electron chi connectivity index (χ4n) is 5.94. The van der Waals surface area contributed by atoms with Crippen LogP contribution < -0.4 is 10.7 Å². The first-order valence-corrected chi connectivity index (χ1v) is 14.9. The van der Waals surface area contributed by atoms with Gasteiger partial charge in [-0.2, -0.15) is 0 Å². The van der Waals surface area contributed by atoms with Gasteiger partial charge in [0.1, 0.15) is 27.5 Å². The van der Waals surface area contributed by atoms with Gasteiger partial charge in [0.2, 0.25) is 0 Å². The van der Waals surface area contributed by atoms with Crippen LogP contribution in [0, 0.1) is 25.6 Å². The number of hydrogen-bond acceptors (Lipinski definition) is 8. The predicted molar refractivity (Wildman–Crippen MR) is 149 cm³/mol. The van der Waals surface area contributed by atoms with E-state index in [1.807, 2.05) is 18.4 Å². The maximum atomic E-state index is 14.1. The molecule has 1 fully saturated rings. The van der Waals surface area contributed by atoms with Gasteiger partial charge < -0.3 is 18.6 Å². The van der Waals surface area contributed by atoms with Gasteiger partial charge in [-0.05, 0) is 50.3 Å². The highest BCUT2D eigenvalue weighted by Gasteiger charge is 2.36. The van der Waals surface area contributed by atoms with E-state index in [1.54, 1.807) is 18.3 Å². The molecule has 1 saturated heterocycles. The Morgan fingerprint density at radius 1 is 1.15 bits per heavy atom. The monoisotopic (exact) mass is 564 g/mol. The van der Waals surface area contributed by atoms with Crippen molar-refractivity contribution in [2.45, 2.75) is 39.0 Å². The number of methoxy groups -OCH3 is 1. The number of hydrogen-bond donors (Lipinski definition) is 0. The SMILES string of the molecule is COC1N=CC(S(C)(=O)=O)=c2c1c1c(n2[C@H](c2ccc(F)cc2)C2CCOCC2)=C=C(c2c(C)noc2C)C=N1. The number of rotatable bonds is 6. The Kier molecular flexibility index (Phi) is 6.70. The molecular formula is C29H29FN4O5S. The fourth-order valence-corrected chi connectivity index (χ4v) is 6.75. The van der Waals surface area contributed by atoms with Gasteiger partial charge >= 0.3 is 0 Å². The lowest BCUT2D eigenvalue weighted by Gasteiger charge is -2.33. The number of benzene rings is 1. The summed E-state index contributed by atoms with van der Waals surface area (Å²) in [4.78, 5) is 9.34. The highest BCUT2D eigenvalue weighted by molar-refractivity contribution is 8.00. The molecule has 3 aliphatic heterocycles. The number of aromatic nitrogens is 2. The molecule has 0 N–H and O–H groups in total. The van der Waals surface area contributed by atoms with Crippen molar-refractivity contribution in [2.24, 2.45) is 15.9 Å². The van der Waals surface area contributed by atoms with Gasteiger partial charge in [0.15, 0.2) is 16.1 Å². The van der Waals surface area contributed by atoms with Gasteiger partial charge in [-0.1, -0.05) is 23.0 Å². The van der Waals surface area contributed by atoms with Crippen LogP contribution in [0.4, 0.5) is 10.1 Å². The lowest BCUT2D eigenvalue weighted by molar-refractivity contribution is 0.0535. The normalized spacial score (nSPS) is 19.7. The molecule has 0 amide bonds. The van der Waals surface area contributed by atoms with E-state index in [0.29, 0.717) is 52.2 Å². The number of allylic oxidation sites excluding steroid dienone is 1. The van der Waals surface area contributed by atoms with Crippen LogP contribution in [0.1, 0.15) is 53.3 Å². The molecule has 3 aliphatic rings. The lowest BCUT2D eigenvalue weighted by Crippen LogP contribution is -2.41. The van der Waals surface area contributed by atoms with Crippen LogP contribution in [-0.4, -0.2) is 57.2 Å². The molecule has 40 heavy (non-hydrogen) atoms. The summed E-state index contributed by atoms with van der Waals surface area (Å²) in [5, 5.41) is 5.14. The van der Waals surface area contributed by atoms with E-state index in [-0.39, 0.29) is 22.7 Å². The first-order chi connectivity index (χ1) is 19.2. The Hall–Kier alpha value is -3.63. The third-order valence-corrected chi connectivity index (χ3v) is 8.83. The molecule has 9 nitrogen and oxygen atoms in total. The summed E-state index contributed by atoms with van der Waals surface area (Å²) >= 11 is 0. The maximum absolute atomic E-state index is 14.1. The second-order valence-electron chi connectivity index (χ2n) is 10.3. The number of sulfone groups is 1. The Morgan fingerprint density at radius 2 is 1.88 bits per heavy atom. The maximum Gasteiger partial charge on any atom is 0.179 e. The van der Waals surface area contributed by atoms with Crippen LogP contribution in [0.15, 0.2) is 38.8 Å². The molecule has 2 aromatic heterocycles. The van der Waals surface area contributed by atoms with E-state index in [0.717, 1.165) is 24.0 Å². The van der Waals surface area contributed by atoms with Gasteiger partial charge in [0, 0.05) is 44.6 Å². The molecule has 0 aliphatic carbocycles. The van der Waals surface area contributed by atoms with Crippen molar-refractivity contribution in [1.82, 2.24) is 9.72 Å². The number of ether oxygens (including phenoxy) is 2. The minimum atomic E-state index is -3.72. The zero-order chi connectivity index (χ0) is 28.2. The van der Waals surface area contributed by atoms with Gasteiger partial charge in [-0.15, -0.1) is 0 Å². The minimum Gasteiger partial charge on any atom is -0.381 e. The van der Waals surface area contributed by atoms with Crippen molar-refractivity contribution in [2.75, 3.05) is 26.6 Å². The molecule has 0 bridgehead atoms. The minimum absolute atomic E-state index is 0.0655. The zero-order valence-corrected chi connectivity index (χ0v) is 23.5. The van der Waals surface area contributed by atoms with Crippen molar-refractivity contribution in [3.63, 3.8) is 0 Å². The number of aliphatic imine (C=N–C) groups is 2. The Bertz CT molecular complexity index is 1800. The van der Waals surface area contributed by atoms with Gasteiger partial charge in [0.25, 0.3) is 0 Å². The topological polar surface area (TPSA) is 108 Å². The van der Waals surface area contributed by atoms with E-state index in [2.05, 4.69) is 15.9 Å². The Morgan fingerprint density at radius 3 is 2.50 bits per heavy atom. The summed E-state index contributed by atoms with van der Waals surface area (Å²) < 4.78 is 59.3. The predicted octanol–water partition coefficient (Wildman–Crippen LogP) is 3.31. The van der Waals surface area contributed by atoms with E-state index >= 15 is 0 Å². The van der Waals surface area contributed by atoms with Crippen LogP contribution >= 0.6 is 0 Å². The molecule has 0 radical (unpaired) electrons. The van der Waals surface area contributed by atoms with Crippen LogP contribution in [0.25, 0.3) is 16.2 Å². The van der Waals surface area contributed by atoms with E-state index in [9.17, 15) is 12.8 Å². The van der Waals surface area contributed by atoms with Gasteiger partial charge in [-0.3, -0.25) is 9.98 Å². The summed E-state index contributed by atoms with van der Waals surface area (Å²) in [7, 11) is -2.20. The zero-order valence-electron chi connectivity index (χ0n) is 22.6. The smallest absolute Gasteiger partial charge is 0.179 e. The number of fused-ring (bicyclic) bond motifs is 3. The first kappa shape index (κ1) is 26.6. The van der Waals surface area contributed by atoms with Crippen molar-refractivity contribution in [3.8, 4) is 0 Å². The lowest BCUT2D eigenvalue weighted by atomic mass is 9.86. The Balaban J connectivity index is 1.81. The molecule has 0 saturated carbocycles. The van der Waals surface area contributed by atoms with Gasteiger partial charge in [0.05, 0.1) is 28.2 Å². The van der Waals surface area contributed by atoms with Crippen molar-refractivity contribution in [1.29, 1.82) is 0 Å². The van der Waals surface area contributed by atoms with Crippen LogP contribution in [0.3, 0.4) is 0 Å². The average Bonchev–Trinajstić information content (AvgIpc) is 3.45. The summed E-state index contributed by atoms with van der Waals surface area (Å²) in [6.45, 7) is 4.81. The first-order valence-electron chi connectivity index (χ1n) is 13.0. The third-order valence-electron chi connectivity index (χ3n) is 7.73. The van der Waals surface area contributed by atoms with Crippen molar-refractivity contribution in [3.05, 3.63) is 68.9 Å². The van der Waals surface area contributed by atoms with Crippen LogP contribution in [0.5, 0.6) is 0 Å². The second-order valence-corrected chi connectivity index (χ2v) is 12.3. The van der Waals surface area contributed by atoms with E-state index in [4.69, 9.17) is 19.0 Å². The number of halogens is 1. The Labute approximate surface area is 230 Å². The quantitative estimate of drug-likeness (QED) is 0.455. The standard InChI is InChI=1S/C29H29FN4O5S/c1-16-24(17(2)39-33-16)20-13-22-26(31-14-20)25-28(23(40(4,35)36)15-32-29(25)37-3)34(22)27(19-9-11-38-12-10-19)18-5-7-21(30)8-6-18/h5-8,14-15,19,27,29H,9-12H2,1-4H3/t27-,29?/m1/s1. The van der Waals surface area contributed by atoms with Crippen LogP contribution in [0.2, 0.25) is 0 Å². The second kappa shape index (κ2) is 10.1. The number of nitrogens with zero attached hydrogens (tertiary/aromatic N) is 4. The molecule has 5 heterocycles. The van der Waals surface area contributed by atoms with Gasteiger partial charge in [-0.25, -0.2) is 12.8 Å². The molecule has 1 aromatic carbocycles. The molecule has 3 aromatic rings. The molecular weight excluding hydrogens is 535 g/mol. The highest BCUT2D eigenvalue weighted by atomic mass is 32.2. The van der Waals surface area contributed by atoms with Crippen LogP contribution in [-0.2, 0) is 19.3 Å². The summed E-state index contributed by atoms with van der Waals surface area (Å²) in [6.07, 6.45) is 4.93. The fraction of sp³-hybridized carbons (Fsp3) is 0.379. The average molecular weight is 565 g/mol. The van der Waals surface area contributed by atoms with E-state index in [1.165, 1.54) is 31.7 Å². The van der Waals surface area contributed by atoms with Crippen molar-refractivity contribution >= 4 is 44.2 Å². The molecule has 11 heteroatoms. The highest BCUT2D eigenvalue weighted by Crippen LogP contribution is 2.36. The summed E-state index contributed by atoms with van der Waals surface area (Å²) in [6, 6.07) is 6.00. The van der Waals surface area contributed by atoms with Crippen molar-refractivity contribution < 1.29 is 26.8 Å². The third kappa shape index (κ3) is 4.39. The molecule has 0 spiro atoms. The summed E-state index contributed by atoms with van der Waals surface area (Å²) in [5.41, 5.74) is 7.60. The molecule has 2 atom stereocenters.